The molecule has 0 saturated carbocycles. The van der Waals surface area contributed by atoms with E-state index in [0.717, 1.165) is 0 Å². The molecule has 1 atom stereocenters. The Labute approximate surface area is 124 Å². The zero-order chi connectivity index (χ0) is 16.0. The lowest BCUT2D eigenvalue weighted by atomic mass is 10.2. The van der Waals surface area contributed by atoms with Crippen LogP contribution in [0.4, 0.5) is 5.82 Å². The summed E-state index contributed by atoms with van der Waals surface area (Å²) in [6, 6.07) is 2.93. The highest BCUT2D eigenvalue weighted by molar-refractivity contribution is 5.96. The summed E-state index contributed by atoms with van der Waals surface area (Å²) in [5, 5.41) is 18.7. The first-order valence-corrected chi connectivity index (χ1v) is 6.60. The normalized spacial score (nSPS) is 18.2. The quantitative estimate of drug-likeness (QED) is 0.789. The smallest absolute Gasteiger partial charge is 0.341 e. The van der Waals surface area contributed by atoms with Gasteiger partial charge in [0, 0.05) is 13.2 Å². The average Bonchev–Trinajstić information content (AvgIpc) is 2.81. The van der Waals surface area contributed by atoms with Crippen LogP contribution in [0.3, 0.4) is 0 Å². The number of rotatable bonds is 2. The minimum Gasteiger partial charge on any atom is -0.477 e. The summed E-state index contributed by atoms with van der Waals surface area (Å²) < 4.78 is 1.43. The fourth-order valence-electron chi connectivity index (χ4n) is 2.56. The molecule has 8 heteroatoms. The fraction of sp³-hybridized carbons (Fsp3) is 0.286. The molecule has 2 N–H and O–H groups in total. The number of carboxylic acid groups (broad SMARTS) is 1. The fourth-order valence-corrected chi connectivity index (χ4v) is 2.56. The number of anilines is 1. The summed E-state index contributed by atoms with van der Waals surface area (Å²) in [5.74, 6) is -1.22. The van der Waals surface area contributed by atoms with Crippen molar-refractivity contribution in [1.82, 2.24) is 9.55 Å². The number of carboxylic acids is 1. The largest absolute Gasteiger partial charge is 0.477 e. The van der Waals surface area contributed by atoms with E-state index >= 15 is 0 Å². The Hall–Kier alpha value is -2.74. The van der Waals surface area contributed by atoms with Crippen LogP contribution in [0.25, 0.3) is 11.0 Å². The van der Waals surface area contributed by atoms with Gasteiger partial charge in [-0.3, -0.25) is 14.5 Å². The molecule has 0 bridgehead atoms. The standard InChI is InChI=1S/C14H13N3O5/c1-16-6-9(14(21)22)12(20)8-2-3-10(15-13(8)16)17-5-7(18)4-11(17)19/h2-3,6-7,18H,4-5H2,1H3,(H,21,22)/t7-/m0/s1. The number of β-amino-alcohol motifs (C(OH)–C–C–N with tert-alkyl or cyclic N) is 1. The summed E-state index contributed by atoms with van der Waals surface area (Å²) in [7, 11) is 1.58. The minimum absolute atomic E-state index is 0.0383. The van der Waals surface area contributed by atoms with Gasteiger partial charge in [0.25, 0.3) is 0 Å². The first kappa shape index (κ1) is 14.2. The maximum Gasteiger partial charge on any atom is 0.341 e. The highest BCUT2D eigenvalue weighted by Gasteiger charge is 2.30. The Bertz CT molecular complexity index is 857. The van der Waals surface area contributed by atoms with E-state index in [9.17, 15) is 19.5 Å². The van der Waals surface area contributed by atoms with Crippen LogP contribution in [0.1, 0.15) is 16.8 Å². The lowest BCUT2D eigenvalue weighted by molar-refractivity contribution is -0.117. The summed E-state index contributed by atoms with van der Waals surface area (Å²) in [6.07, 6.45) is 0.504. The number of carbonyl (C=O) groups excluding carboxylic acids is 1. The van der Waals surface area contributed by atoms with Crippen LogP contribution in [0, 0.1) is 0 Å². The predicted octanol–water partition coefficient (Wildman–Crippen LogP) is -0.271. The lowest BCUT2D eigenvalue weighted by Crippen LogP contribution is -2.27. The molecule has 0 aliphatic carbocycles. The van der Waals surface area contributed by atoms with E-state index in [1.807, 2.05) is 0 Å². The maximum atomic E-state index is 12.1. The molecule has 2 aromatic rings. The van der Waals surface area contributed by atoms with Gasteiger partial charge in [0.05, 0.1) is 24.5 Å². The minimum atomic E-state index is -1.30. The van der Waals surface area contributed by atoms with Crippen molar-refractivity contribution in [3.8, 4) is 0 Å². The molecule has 22 heavy (non-hydrogen) atoms. The van der Waals surface area contributed by atoms with Gasteiger partial charge in [-0.15, -0.1) is 0 Å². The molecule has 2 aromatic heterocycles. The number of hydrogen-bond donors (Lipinski definition) is 2. The number of amides is 1. The number of aromatic nitrogens is 2. The van der Waals surface area contributed by atoms with Gasteiger partial charge in [0.15, 0.2) is 0 Å². The van der Waals surface area contributed by atoms with Crippen LogP contribution in [0.2, 0.25) is 0 Å². The topological polar surface area (TPSA) is 113 Å². The van der Waals surface area contributed by atoms with Crippen LogP contribution in [-0.2, 0) is 11.8 Å². The number of aromatic carboxylic acids is 1. The molecule has 1 fully saturated rings. The van der Waals surface area contributed by atoms with Gasteiger partial charge in [0.1, 0.15) is 17.0 Å². The average molecular weight is 303 g/mol. The van der Waals surface area contributed by atoms with E-state index < -0.39 is 17.5 Å². The molecule has 0 unspecified atom stereocenters. The number of aliphatic hydroxyl groups excluding tert-OH is 1. The lowest BCUT2D eigenvalue weighted by Gasteiger charge is -2.16. The highest BCUT2D eigenvalue weighted by Crippen LogP contribution is 2.21. The van der Waals surface area contributed by atoms with Crippen molar-refractivity contribution >= 4 is 28.7 Å². The Morgan fingerprint density at radius 1 is 1.36 bits per heavy atom. The highest BCUT2D eigenvalue weighted by atomic mass is 16.4. The Balaban J connectivity index is 2.17. The second-order valence-electron chi connectivity index (χ2n) is 5.19. The van der Waals surface area contributed by atoms with Crippen LogP contribution >= 0.6 is 0 Å². The Morgan fingerprint density at radius 3 is 2.68 bits per heavy atom. The molecule has 114 valence electrons. The van der Waals surface area contributed by atoms with E-state index in [1.54, 1.807) is 7.05 Å². The first-order chi connectivity index (χ1) is 10.4. The zero-order valence-electron chi connectivity index (χ0n) is 11.7. The molecular weight excluding hydrogens is 290 g/mol. The molecule has 1 amide bonds. The van der Waals surface area contributed by atoms with E-state index in [0.29, 0.717) is 5.82 Å². The van der Waals surface area contributed by atoms with Crippen LogP contribution in [-0.4, -0.2) is 44.3 Å². The molecule has 3 rings (SSSR count). The summed E-state index contributed by atoms with van der Waals surface area (Å²) >= 11 is 0. The molecule has 0 aromatic carbocycles. The van der Waals surface area contributed by atoms with Gasteiger partial charge in [-0.2, -0.15) is 0 Å². The first-order valence-electron chi connectivity index (χ1n) is 6.60. The van der Waals surface area contributed by atoms with Crippen LogP contribution < -0.4 is 10.3 Å². The number of hydrogen-bond acceptors (Lipinski definition) is 5. The van der Waals surface area contributed by atoms with E-state index in [4.69, 9.17) is 5.11 Å². The van der Waals surface area contributed by atoms with Crippen LogP contribution in [0.5, 0.6) is 0 Å². The number of nitrogens with zero attached hydrogens (tertiary/aromatic N) is 3. The summed E-state index contributed by atoms with van der Waals surface area (Å²) in [5.41, 5.74) is -0.675. The van der Waals surface area contributed by atoms with Crippen LogP contribution in [0.15, 0.2) is 23.1 Å². The second kappa shape index (κ2) is 4.92. The molecule has 1 aliphatic rings. The number of aliphatic hydroxyl groups is 1. The van der Waals surface area contributed by atoms with Gasteiger partial charge in [-0.05, 0) is 12.1 Å². The van der Waals surface area contributed by atoms with E-state index in [1.165, 1.54) is 27.8 Å². The third-order valence-corrected chi connectivity index (χ3v) is 3.62. The maximum absolute atomic E-state index is 12.1. The monoisotopic (exact) mass is 303 g/mol. The van der Waals surface area contributed by atoms with Gasteiger partial charge < -0.3 is 14.8 Å². The third kappa shape index (κ3) is 2.13. The number of fused-ring (bicyclic) bond motifs is 1. The zero-order valence-corrected chi connectivity index (χ0v) is 11.7. The van der Waals surface area contributed by atoms with Crippen molar-refractivity contribution in [1.29, 1.82) is 0 Å². The molecule has 1 saturated heterocycles. The molecule has 0 radical (unpaired) electrons. The molecule has 0 spiro atoms. The van der Waals surface area contributed by atoms with Crippen molar-refractivity contribution in [2.45, 2.75) is 12.5 Å². The summed E-state index contributed by atoms with van der Waals surface area (Å²) in [4.78, 5) is 40.6. The second-order valence-corrected chi connectivity index (χ2v) is 5.19. The van der Waals surface area contributed by atoms with Crippen molar-refractivity contribution in [2.75, 3.05) is 11.4 Å². The molecular formula is C14H13N3O5. The van der Waals surface area contributed by atoms with E-state index in [2.05, 4.69) is 4.98 Å². The number of aryl methyl sites for hydroxylation is 1. The van der Waals surface area contributed by atoms with Crippen molar-refractivity contribution in [3.63, 3.8) is 0 Å². The molecule has 8 nitrogen and oxygen atoms in total. The van der Waals surface area contributed by atoms with Gasteiger partial charge >= 0.3 is 5.97 Å². The van der Waals surface area contributed by atoms with Crippen molar-refractivity contribution < 1.29 is 19.8 Å². The SMILES string of the molecule is Cn1cc(C(=O)O)c(=O)c2ccc(N3C[C@@H](O)CC3=O)nc21. The predicted molar refractivity (Wildman–Crippen MR) is 76.9 cm³/mol. The van der Waals surface area contributed by atoms with Crippen molar-refractivity contribution in [3.05, 3.63) is 34.1 Å². The van der Waals surface area contributed by atoms with Gasteiger partial charge in [-0.1, -0.05) is 0 Å². The van der Waals surface area contributed by atoms with Gasteiger partial charge in [0.2, 0.25) is 11.3 Å². The summed E-state index contributed by atoms with van der Waals surface area (Å²) in [6.45, 7) is 0.151. The number of carbonyl (C=O) groups is 2. The van der Waals surface area contributed by atoms with Crippen molar-refractivity contribution in [2.24, 2.45) is 7.05 Å². The molecule has 1 aliphatic heterocycles. The molecule has 3 heterocycles. The van der Waals surface area contributed by atoms with E-state index in [-0.39, 0.29) is 35.5 Å². The Kier molecular flexibility index (Phi) is 3.18. The van der Waals surface area contributed by atoms with Gasteiger partial charge in [-0.25, -0.2) is 9.78 Å². The number of pyridine rings is 2. The third-order valence-electron chi connectivity index (χ3n) is 3.62. The Morgan fingerprint density at radius 2 is 2.09 bits per heavy atom.